The summed E-state index contributed by atoms with van der Waals surface area (Å²) in [6, 6.07) is 8.84. The van der Waals surface area contributed by atoms with Crippen molar-refractivity contribution in [2.24, 2.45) is 0 Å². The van der Waals surface area contributed by atoms with Crippen LogP contribution >= 0.6 is 0 Å². The normalized spacial score (nSPS) is 14.8. The number of carbonyl (C=O) groups excluding carboxylic acids is 1. The lowest BCUT2D eigenvalue weighted by Gasteiger charge is -2.30. The Hall–Kier alpha value is -1.90. The van der Waals surface area contributed by atoms with Crippen LogP contribution in [0.2, 0.25) is 0 Å². The first-order chi connectivity index (χ1) is 9.94. The third kappa shape index (κ3) is 5.18. The molecule has 0 aromatic heterocycles. The maximum Gasteiger partial charge on any atom is 0.307 e. The van der Waals surface area contributed by atoms with Crippen molar-refractivity contribution in [3.8, 4) is 6.07 Å². The average molecular weight is 290 g/mol. The molecule has 0 saturated heterocycles. The van der Waals surface area contributed by atoms with E-state index in [0.717, 1.165) is 12.0 Å². The summed E-state index contributed by atoms with van der Waals surface area (Å²) in [6.07, 6.45) is 0.295. The van der Waals surface area contributed by atoms with Gasteiger partial charge in [-0.2, -0.15) is 5.26 Å². The molecule has 0 fully saturated rings. The van der Waals surface area contributed by atoms with Crippen molar-refractivity contribution in [2.75, 3.05) is 13.7 Å². The van der Waals surface area contributed by atoms with Gasteiger partial charge in [-0.1, -0.05) is 19.1 Å². The zero-order chi connectivity index (χ0) is 15.9. The van der Waals surface area contributed by atoms with Gasteiger partial charge in [0.1, 0.15) is 0 Å². The molecule has 0 heterocycles. The Morgan fingerprint density at radius 1 is 1.48 bits per heavy atom. The number of benzene rings is 1. The minimum atomic E-state index is -0.693. The molecule has 5 heteroatoms. The van der Waals surface area contributed by atoms with Gasteiger partial charge in [0.25, 0.3) is 0 Å². The lowest BCUT2D eigenvalue weighted by atomic mass is 9.94. The van der Waals surface area contributed by atoms with E-state index in [4.69, 9.17) is 10.00 Å². The highest BCUT2D eigenvalue weighted by Crippen LogP contribution is 2.18. The van der Waals surface area contributed by atoms with E-state index < -0.39 is 11.6 Å². The molecular weight excluding hydrogens is 268 g/mol. The van der Waals surface area contributed by atoms with Crippen LogP contribution in [-0.2, 0) is 9.53 Å². The van der Waals surface area contributed by atoms with E-state index in [0.29, 0.717) is 12.1 Å². The van der Waals surface area contributed by atoms with Crippen molar-refractivity contribution >= 4 is 5.97 Å². The van der Waals surface area contributed by atoms with Crippen LogP contribution in [0.3, 0.4) is 0 Å². The minimum absolute atomic E-state index is 0.250. The molecule has 0 aliphatic rings. The quantitative estimate of drug-likeness (QED) is 0.750. The number of hydrogen-bond donors (Lipinski definition) is 2. The molecule has 2 atom stereocenters. The van der Waals surface area contributed by atoms with E-state index in [1.807, 2.05) is 19.9 Å². The number of ether oxygens (including phenoxy) is 1. The molecule has 2 unspecified atom stereocenters. The zero-order valence-electron chi connectivity index (χ0n) is 12.7. The fourth-order valence-corrected chi connectivity index (χ4v) is 1.94. The highest BCUT2D eigenvalue weighted by atomic mass is 16.5. The third-order valence-electron chi connectivity index (χ3n) is 3.69. The zero-order valence-corrected chi connectivity index (χ0v) is 12.7. The maximum atomic E-state index is 11.4. The number of aliphatic hydroxyl groups is 1. The number of β-amino-alcohol motifs (C(OH)–C–C–N with tert-alkyl or cyclic N) is 1. The third-order valence-corrected chi connectivity index (χ3v) is 3.69. The van der Waals surface area contributed by atoms with Crippen LogP contribution in [0.15, 0.2) is 24.3 Å². The number of nitriles is 1. The van der Waals surface area contributed by atoms with Gasteiger partial charge in [0.05, 0.1) is 31.3 Å². The first-order valence-corrected chi connectivity index (χ1v) is 6.94. The molecule has 1 aromatic carbocycles. The van der Waals surface area contributed by atoms with Crippen LogP contribution in [0.25, 0.3) is 0 Å². The van der Waals surface area contributed by atoms with Crippen LogP contribution in [0.1, 0.15) is 43.9 Å². The lowest BCUT2D eigenvalue weighted by molar-refractivity contribution is -0.142. The van der Waals surface area contributed by atoms with Gasteiger partial charge in [-0.15, -0.1) is 0 Å². The molecule has 2 N–H and O–H groups in total. The Balaban J connectivity index is 2.62. The predicted molar refractivity (Wildman–Crippen MR) is 79.4 cm³/mol. The van der Waals surface area contributed by atoms with Crippen molar-refractivity contribution in [1.82, 2.24) is 5.32 Å². The fraction of sp³-hybridized carbons (Fsp3) is 0.500. The van der Waals surface area contributed by atoms with E-state index in [2.05, 4.69) is 5.32 Å². The van der Waals surface area contributed by atoms with E-state index in [1.165, 1.54) is 7.11 Å². The number of esters is 1. The first-order valence-electron chi connectivity index (χ1n) is 6.94. The highest BCUT2D eigenvalue weighted by Gasteiger charge is 2.26. The van der Waals surface area contributed by atoms with Crippen LogP contribution in [0.5, 0.6) is 0 Å². The van der Waals surface area contributed by atoms with Crippen molar-refractivity contribution in [1.29, 1.82) is 5.26 Å². The summed E-state index contributed by atoms with van der Waals surface area (Å²) in [5.74, 6) is -0.278. The van der Waals surface area contributed by atoms with Gasteiger partial charge in [-0.25, -0.2) is 0 Å². The Bertz CT molecular complexity index is 507. The molecule has 5 nitrogen and oxygen atoms in total. The molecule has 1 rings (SSSR count). The lowest BCUT2D eigenvalue weighted by Crippen LogP contribution is -2.45. The number of nitrogens with zero attached hydrogens (tertiary/aromatic N) is 1. The summed E-state index contributed by atoms with van der Waals surface area (Å²) in [5.41, 5.74) is 0.877. The summed E-state index contributed by atoms with van der Waals surface area (Å²) in [6.45, 7) is 4.23. The summed E-state index contributed by atoms with van der Waals surface area (Å²) in [5, 5.41) is 22.1. The first kappa shape index (κ1) is 17.2. The largest absolute Gasteiger partial charge is 0.469 e. The molecule has 0 amide bonds. The molecule has 114 valence electrons. The number of aliphatic hydroxyl groups excluding tert-OH is 1. The Morgan fingerprint density at radius 3 is 2.57 bits per heavy atom. The molecular formula is C16H22N2O3. The van der Waals surface area contributed by atoms with Crippen molar-refractivity contribution in [3.05, 3.63) is 35.4 Å². The number of nitrogens with one attached hydrogen (secondary N) is 1. The van der Waals surface area contributed by atoms with Gasteiger partial charge in [-0.3, -0.25) is 4.79 Å². The second-order valence-corrected chi connectivity index (χ2v) is 5.30. The summed E-state index contributed by atoms with van der Waals surface area (Å²) >= 11 is 0. The molecule has 21 heavy (non-hydrogen) atoms. The monoisotopic (exact) mass is 290 g/mol. The second-order valence-electron chi connectivity index (χ2n) is 5.30. The SMILES string of the molecule is CCC(C)(CC(=O)OC)NCC(O)c1ccc(C#N)cc1. The van der Waals surface area contributed by atoms with E-state index in [-0.39, 0.29) is 12.4 Å². The number of rotatable bonds is 7. The molecule has 0 radical (unpaired) electrons. The Kier molecular flexibility index (Phi) is 6.35. The highest BCUT2D eigenvalue weighted by molar-refractivity contribution is 5.70. The smallest absolute Gasteiger partial charge is 0.307 e. The van der Waals surface area contributed by atoms with Crippen molar-refractivity contribution in [3.63, 3.8) is 0 Å². The van der Waals surface area contributed by atoms with Gasteiger partial charge in [-0.05, 0) is 31.0 Å². The number of hydrogen-bond acceptors (Lipinski definition) is 5. The topological polar surface area (TPSA) is 82.3 Å². The standard InChI is InChI=1S/C16H22N2O3/c1-4-16(2,9-15(20)21-3)18-11-14(19)13-7-5-12(10-17)6-8-13/h5-8,14,18-19H,4,9,11H2,1-3H3. The van der Waals surface area contributed by atoms with E-state index >= 15 is 0 Å². The number of methoxy groups -OCH3 is 1. The van der Waals surface area contributed by atoms with Crippen LogP contribution in [0.4, 0.5) is 0 Å². The molecule has 0 aliphatic carbocycles. The Labute approximate surface area is 125 Å². The summed E-state index contributed by atoms with van der Waals surface area (Å²) in [7, 11) is 1.37. The fourth-order valence-electron chi connectivity index (χ4n) is 1.94. The molecule has 1 aromatic rings. The number of carbonyl (C=O) groups is 1. The van der Waals surface area contributed by atoms with Gasteiger partial charge in [0.2, 0.25) is 0 Å². The van der Waals surface area contributed by atoms with Crippen LogP contribution in [0, 0.1) is 11.3 Å². The van der Waals surface area contributed by atoms with Gasteiger partial charge < -0.3 is 15.2 Å². The minimum Gasteiger partial charge on any atom is -0.469 e. The van der Waals surface area contributed by atoms with E-state index in [9.17, 15) is 9.90 Å². The van der Waals surface area contributed by atoms with Gasteiger partial charge in [0, 0.05) is 12.1 Å². The van der Waals surface area contributed by atoms with Crippen molar-refractivity contribution < 1.29 is 14.6 Å². The molecule has 0 bridgehead atoms. The van der Waals surface area contributed by atoms with Gasteiger partial charge >= 0.3 is 5.97 Å². The van der Waals surface area contributed by atoms with E-state index in [1.54, 1.807) is 24.3 Å². The van der Waals surface area contributed by atoms with Crippen LogP contribution < -0.4 is 5.32 Å². The molecule has 0 saturated carbocycles. The predicted octanol–water partition coefficient (Wildman–Crippen LogP) is 1.91. The van der Waals surface area contributed by atoms with Gasteiger partial charge in [0.15, 0.2) is 0 Å². The maximum absolute atomic E-state index is 11.4. The summed E-state index contributed by atoms with van der Waals surface area (Å²) < 4.78 is 4.69. The van der Waals surface area contributed by atoms with Crippen LogP contribution in [-0.4, -0.2) is 30.3 Å². The second kappa shape index (κ2) is 7.77. The molecule has 0 aliphatic heterocycles. The van der Waals surface area contributed by atoms with Crippen molar-refractivity contribution in [2.45, 2.75) is 38.3 Å². The Morgan fingerprint density at radius 2 is 2.10 bits per heavy atom. The summed E-state index contributed by atoms with van der Waals surface area (Å²) in [4.78, 5) is 11.4. The average Bonchev–Trinajstić information content (AvgIpc) is 2.52. The molecule has 0 spiro atoms.